The highest BCUT2D eigenvalue weighted by Gasteiger charge is 2.21. The van der Waals surface area contributed by atoms with Gasteiger partial charge in [-0.25, -0.2) is 4.99 Å². The molecule has 176 valence electrons. The highest BCUT2D eigenvalue weighted by atomic mass is 127. The average molecular weight is 546 g/mol. The Labute approximate surface area is 204 Å². The molecule has 0 aromatic heterocycles. The molecule has 7 nitrogen and oxygen atoms in total. The van der Waals surface area contributed by atoms with Gasteiger partial charge in [-0.3, -0.25) is 9.69 Å². The Kier molecular flexibility index (Phi) is 13.6. The summed E-state index contributed by atoms with van der Waals surface area (Å²) in [6.07, 6.45) is 2.96. The van der Waals surface area contributed by atoms with Gasteiger partial charge in [-0.2, -0.15) is 0 Å². The van der Waals surface area contributed by atoms with Crippen LogP contribution in [0.3, 0.4) is 0 Å². The number of hydrogen-bond acceptors (Lipinski definition) is 4. The second-order valence-electron chi connectivity index (χ2n) is 7.96. The van der Waals surface area contributed by atoms with Crippen molar-refractivity contribution >= 4 is 35.8 Å². The van der Waals surface area contributed by atoms with Gasteiger partial charge in [-0.05, 0) is 51.7 Å². The maximum Gasteiger partial charge on any atom is 0.234 e. The van der Waals surface area contributed by atoms with Crippen LogP contribution in [0.2, 0.25) is 0 Å². The summed E-state index contributed by atoms with van der Waals surface area (Å²) < 4.78 is 6.04. The zero-order chi connectivity index (χ0) is 21.8. The van der Waals surface area contributed by atoms with Crippen LogP contribution in [0.4, 0.5) is 0 Å². The third-order valence-corrected chi connectivity index (χ3v) is 5.14. The van der Waals surface area contributed by atoms with Crippen molar-refractivity contribution < 1.29 is 9.53 Å². The fourth-order valence-corrected chi connectivity index (χ4v) is 3.43. The number of para-hydroxylation sites is 1. The van der Waals surface area contributed by atoms with Crippen LogP contribution < -0.4 is 20.7 Å². The molecule has 0 radical (unpaired) electrons. The first-order chi connectivity index (χ1) is 14.5. The van der Waals surface area contributed by atoms with Gasteiger partial charge in [-0.15, -0.1) is 24.0 Å². The number of hydrogen-bond donors (Lipinski definition) is 3. The standard InChI is InChI=1S/C23H39N5O2.HI/c1-5-13-25-22(29)17-28-14-11-20(12-15-28)27-23(24-6-2)26-16-19(4)30-21-10-8-7-9-18(21)3;/h7-10,19-20H,5-6,11-17H2,1-4H3,(H,25,29)(H2,24,26,27);1H. The average Bonchev–Trinajstić information content (AvgIpc) is 2.74. The lowest BCUT2D eigenvalue weighted by molar-refractivity contribution is -0.122. The van der Waals surface area contributed by atoms with Gasteiger partial charge < -0.3 is 20.7 Å². The van der Waals surface area contributed by atoms with E-state index in [0.29, 0.717) is 19.1 Å². The zero-order valence-electron chi connectivity index (χ0n) is 19.4. The summed E-state index contributed by atoms with van der Waals surface area (Å²) in [5.74, 6) is 1.87. The Bertz CT molecular complexity index is 678. The predicted molar refractivity (Wildman–Crippen MR) is 139 cm³/mol. The molecule has 1 aliphatic heterocycles. The van der Waals surface area contributed by atoms with Crippen LogP contribution in [0.5, 0.6) is 5.75 Å². The molecular formula is C23H40IN5O2. The Hall–Kier alpha value is -1.55. The van der Waals surface area contributed by atoms with E-state index in [1.165, 1.54) is 0 Å². The summed E-state index contributed by atoms with van der Waals surface area (Å²) in [5, 5.41) is 9.84. The first-order valence-corrected chi connectivity index (χ1v) is 11.3. The number of aryl methyl sites for hydroxylation is 1. The SMILES string of the molecule is CCCNC(=O)CN1CCC(NC(=NCC(C)Oc2ccccc2C)NCC)CC1.I. The van der Waals surface area contributed by atoms with Crippen LogP contribution in [-0.4, -0.2) is 68.2 Å². The van der Waals surface area contributed by atoms with E-state index in [1.54, 1.807) is 0 Å². The maximum absolute atomic E-state index is 11.9. The first-order valence-electron chi connectivity index (χ1n) is 11.3. The number of halogens is 1. The lowest BCUT2D eigenvalue weighted by atomic mass is 10.1. The topological polar surface area (TPSA) is 78.0 Å². The molecule has 0 aliphatic carbocycles. The molecule has 1 unspecified atom stereocenters. The molecule has 1 aliphatic rings. The highest BCUT2D eigenvalue weighted by Crippen LogP contribution is 2.17. The van der Waals surface area contributed by atoms with Crippen molar-refractivity contribution in [2.75, 3.05) is 39.3 Å². The van der Waals surface area contributed by atoms with Crippen LogP contribution in [0, 0.1) is 6.92 Å². The Balaban J connectivity index is 0.00000480. The lowest BCUT2D eigenvalue weighted by Crippen LogP contribution is -2.50. The molecule has 1 heterocycles. The molecule has 0 spiro atoms. The van der Waals surface area contributed by atoms with E-state index in [9.17, 15) is 4.79 Å². The van der Waals surface area contributed by atoms with Crippen LogP contribution in [0.1, 0.15) is 45.6 Å². The zero-order valence-corrected chi connectivity index (χ0v) is 21.8. The summed E-state index contributed by atoms with van der Waals surface area (Å²) in [6.45, 7) is 12.7. The van der Waals surface area contributed by atoms with E-state index >= 15 is 0 Å². The van der Waals surface area contributed by atoms with Gasteiger partial charge in [0.25, 0.3) is 0 Å². The summed E-state index contributed by atoms with van der Waals surface area (Å²) in [5.41, 5.74) is 1.13. The van der Waals surface area contributed by atoms with Gasteiger partial charge in [0.1, 0.15) is 11.9 Å². The largest absolute Gasteiger partial charge is 0.489 e. The van der Waals surface area contributed by atoms with Crippen molar-refractivity contribution in [3.05, 3.63) is 29.8 Å². The summed E-state index contributed by atoms with van der Waals surface area (Å²) in [6, 6.07) is 8.42. The van der Waals surface area contributed by atoms with Crippen molar-refractivity contribution in [2.45, 2.75) is 59.1 Å². The van der Waals surface area contributed by atoms with Crippen LogP contribution in [0.15, 0.2) is 29.3 Å². The summed E-state index contributed by atoms with van der Waals surface area (Å²) in [4.78, 5) is 18.9. The van der Waals surface area contributed by atoms with Crippen LogP contribution >= 0.6 is 24.0 Å². The van der Waals surface area contributed by atoms with Gasteiger partial charge in [-0.1, -0.05) is 25.1 Å². The van der Waals surface area contributed by atoms with E-state index in [4.69, 9.17) is 9.73 Å². The quantitative estimate of drug-likeness (QED) is 0.240. The van der Waals surface area contributed by atoms with Crippen molar-refractivity contribution in [3.8, 4) is 5.75 Å². The van der Waals surface area contributed by atoms with Gasteiger partial charge in [0.2, 0.25) is 5.91 Å². The smallest absolute Gasteiger partial charge is 0.234 e. The fraction of sp³-hybridized carbons (Fsp3) is 0.652. The minimum atomic E-state index is -0.00923. The molecule has 1 saturated heterocycles. The number of piperidine rings is 1. The Morgan fingerprint density at radius 3 is 2.58 bits per heavy atom. The van der Waals surface area contributed by atoms with Crippen LogP contribution in [0.25, 0.3) is 0 Å². The van der Waals surface area contributed by atoms with E-state index in [-0.39, 0.29) is 36.0 Å². The number of carbonyl (C=O) groups is 1. The molecule has 1 fully saturated rings. The number of nitrogens with one attached hydrogen (secondary N) is 3. The first kappa shape index (κ1) is 27.5. The molecule has 2 rings (SSSR count). The normalized spacial score (nSPS) is 16.2. The second kappa shape index (κ2) is 15.3. The van der Waals surface area contributed by atoms with E-state index in [0.717, 1.165) is 62.7 Å². The number of nitrogens with zero attached hydrogens (tertiary/aromatic N) is 2. The van der Waals surface area contributed by atoms with Crippen molar-refractivity contribution in [2.24, 2.45) is 4.99 Å². The number of aliphatic imine (C=N–C) groups is 1. The van der Waals surface area contributed by atoms with E-state index in [1.807, 2.05) is 25.1 Å². The number of rotatable bonds is 10. The highest BCUT2D eigenvalue weighted by molar-refractivity contribution is 14.0. The third-order valence-electron chi connectivity index (χ3n) is 5.14. The number of ether oxygens (including phenoxy) is 1. The number of guanidine groups is 1. The van der Waals surface area contributed by atoms with Crippen molar-refractivity contribution in [3.63, 3.8) is 0 Å². The van der Waals surface area contributed by atoms with E-state index in [2.05, 4.69) is 47.7 Å². The Morgan fingerprint density at radius 2 is 1.94 bits per heavy atom. The summed E-state index contributed by atoms with van der Waals surface area (Å²) in [7, 11) is 0. The fourth-order valence-electron chi connectivity index (χ4n) is 3.43. The second-order valence-corrected chi connectivity index (χ2v) is 7.96. The number of amides is 1. The number of carbonyl (C=O) groups excluding carboxylic acids is 1. The van der Waals surface area contributed by atoms with Crippen molar-refractivity contribution in [1.82, 2.24) is 20.9 Å². The molecule has 1 amide bonds. The van der Waals surface area contributed by atoms with Crippen LogP contribution in [-0.2, 0) is 4.79 Å². The Morgan fingerprint density at radius 1 is 1.23 bits per heavy atom. The van der Waals surface area contributed by atoms with Gasteiger partial charge in [0.15, 0.2) is 5.96 Å². The molecule has 0 saturated carbocycles. The van der Waals surface area contributed by atoms with E-state index < -0.39 is 0 Å². The lowest BCUT2D eigenvalue weighted by Gasteiger charge is -2.32. The monoisotopic (exact) mass is 545 g/mol. The molecule has 8 heteroatoms. The predicted octanol–water partition coefficient (Wildman–Crippen LogP) is 2.93. The molecule has 31 heavy (non-hydrogen) atoms. The maximum atomic E-state index is 11.9. The van der Waals surface area contributed by atoms with Gasteiger partial charge in [0.05, 0.1) is 13.1 Å². The molecule has 3 N–H and O–H groups in total. The molecule has 1 atom stereocenters. The molecular weight excluding hydrogens is 505 g/mol. The summed E-state index contributed by atoms with van der Waals surface area (Å²) >= 11 is 0. The molecule has 1 aromatic carbocycles. The van der Waals surface area contributed by atoms with Gasteiger partial charge in [0, 0.05) is 32.2 Å². The minimum absolute atomic E-state index is 0. The number of likely N-dealkylation sites (tertiary alicyclic amines) is 1. The molecule has 1 aromatic rings. The third kappa shape index (κ3) is 10.5. The number of benzene rings is 1. The molecule has 0 bridgehead atoms. The van der Waals surface area contributed by atoms with Gasteiger partial charge >= 0.3 is 0 Å². The van der Waals surface area contributed by atoms with Crippen molar-refractivity contribution in [1.29, 1.82) is 0 Å². The minimum Gasteiger partial charge on any atom is -0.489 e.